The lowest BCUT2D eigenvalue weighted by Crippen LogP contribution is -2.51. The van der Waals surface area contributed by atoms with Crippen LogP contribution in [0.15, 0.2) is 24.3 Å². The van der Waals surface area contributed by atoms with Gasteiger partial charge in [-0.05, 0) is 18.6 Å². The molecule has 1 fully saturated rings. The number of sulfonamides is 1. The summed E-state index contributed by atoms with van der Waals surface area (Å²) in [4.78, 5) is 0. The fraction of sp³-hybridized carbons (Fsp3) is 0.500. The van der Waals surface area contributed by atoms with Crippen molar-refractivity contribution in [3.8, 4) is 6.07 Å². The second-order valence-electron chi connectivity index (χ2n) is 5.15. The molecule has 0 aliphatic carbocycles. The van der Waals surface area contributed by atoms with Gasteiger partial charge in [-0.2, -0.15) is 9.57 Å². The summed E-state index contributed by atoms with van der Waals surface area (Å²) in [7, 11) is -3.49. The minimum absolute atomic E-state index is 0.178. The van der Waals surface area contributed by atoms with Crippen molar-refractivity contribution < 1.29 is 13.2 Å². The maximum absolute atomic E-state index is 12.5. The van der Waals surface area contributed by atoms with Crippen LogP contribution in [0.5, 0.6) is 0 Å². The van der Waals surface area contributed by atoms with E-state index in [1.807, 2.05) is 6.07 Å². The summed E-state index contributed by atoms with van der Waals surface area (Å²) in [5.41, 5.74) is 6.69. The molecule has 0 spiro atoms. The SMILES string of the molecule is CC(N)C1CN(S(=O)(=O)Cc2ccccc2C#N)CCO1. The van der Waals surface area contributed by atoms with Gasteiger partial charge in [0.15, 0.2) is 0 Å². The predicted octanol–water partition coefficient (Wildman–Crippen LogP) is 0.436. The normalized spacial score (nSPS) is 21.7. The van der Waals surface area contributed by atoms with Gasteiger partial charge in [0.25, 0.3) is 0 Å². The van der Waals surface area contributed by atoms with E-state index in [-0.39, 0.29) is 24.4 Å². The first-order chi connectivity index (χ1) is 9.94. The first-order valence-electron chi connectivity index (χ1n) is 6.77. The van der Waals surface area contributed by atoms with Crippen molar-refractivity contribution in [2.75, 3.05) is 19.7 Å². The smallest absolute Gasteiger partial charge is 0.218 e. The number of ether oxygens (including phenoxy) is 1. The Balaban J connectivity index is 2.17. The first kappa shape index (κ1) is 15.9. The standard InChI is InChI=1S/C14H19N3O3S/c1-11(16)14-9-17(6-7-20-14)21(18,19)10-13-5-3-2-4-12(13)8-15/h2-5,11,14H,6-7,9-10,16H2,1H3. The van der Waals surface area contributed by atoms with E-state index >= 15 is 0 Å². The van der Waals surface area contributed by atoms with Gasteiger partial charge in [0.05, 0.1) is 30.1 Å². The summed E-state index contributed by atoms with van der Waals surface area (Å²) in [5, 5.41) is 9.05. The summed E-state index contributed by atoms with van der Waals surface area (Å²) >= 11 is 0. The van der Waals surface area contributed by atoms with Crippen molar-refractivity contribution in [2.45, 2.75) is 24.8 Å². The Bertz CT molecular complexity index is 637. The first-order valence-corrected chi connectivity index (χ1v) is 8.38. The van der Waals surface area contributed by atoms with Crippen LogP contribution in [0.3, 0.4) is 0 Å². The Morgan fingerprint density at radius 1 is 1.52 bits per heavy atom. The Hall–Kier alpha value is -1.46. The summed E-state index contributed by atoms with van der Waals surface area (Å²) in [6.07, 6.45) is -0.292. The molecular weight excluding hydrogens is 290 g/mol. The van der Waals surface area contributed by atoms with E-state index < -0.39 is 10.0 Å². The van der Waals surface area contributed by atoms with Crippen LogP contribution in [0, 0.1) is 11.3 Å². The van der Waals surface area contributed by atoms with E-state index in [1.165, 1.54) is 4.31 Å². The van der Waals surface area contributed by atoms with Crippen molar-refractivity contribution >= 4 is 10.0 Å². The average Bonchev–Trinajstić information content (AvgIpc) is 2.47. The fourth-order valence-electron chi connectivity index (χ4n) is 2.26. The summed E-state index contributed by atoms with van der Waals surface area (Å²) in [6, 6.07) is 8.53. The molecule has 1 aliphatic rings. The fourth-order valence-corrected chi connectivity index (χ4v) is 3.82. The third kappa shape index (κ3) is 3.80. The van der Waals surface area contributed by atoms with Crippen molar-refractivity contribution in [2.24, 2.45) is 5.73 Å². The van der Waals surface area contributed by atoms with Gasteiger partial charge in [0.2, 0.25) is 10.0 Å². The van der Waals surface area contributed by atoms with E-state index in [2.05, 4.69) is 0 Å². The van der Waals surface area contributed by atoms with Gasteiger partial charge in [-0.1, -0.05) is 18.2 Å². The molecule has 1 aromatic carbocycles. The number of hydrogen-bond acceptors (Lipinski definition) is 5. The lowest BCUT2D eigenvalue weighted by molar-refractivity contribution is -0.0120. The highest BCUT2D eigenvalue weighted by Crippen LogP contribution is 2.18. The molecule has 1 aromatic rings. The number of rotatable bonds is 4. The molecule has 0 aromatic heterocycles. The zero-order valence-electron chi connectivity index (χ0n) is 11.9. The van der Waals surface area contributed by atoms with E-state index in [1.54, 1.807) is 31.2 Å². The molecule has 1 aliphatic heterocycles. The van der Waals surface area contributed by atoms with Crippen molar-refractivity contribution in [3.63, 3.8) is 0 Å². The molecular formula is C14H19N3O3S. The Morgan fingerprint density at radius 3 is 2.90 bits per heavy atom. The van der Waals surface area contributed by atoms with E-state index in [0.29, 0.717) is 24.3 Å². The van der Waals surface area contributed by atoms with Gasteiger partial charge in [0.1, 0.15) is 0 Å². The van der Waals surface area contributed by atoms with E-state index in [0.717, 1.165) is 0 Å². The molecule has 0 radical (unpaired) electrons. The largest absolute Gasteiger partial charge is 0.374 e. The third-order valence-corrected chi connectivity index (χ3v) is 5.31. The maximum atomic E-state index is 12.5. The molecule has 0 amide bonds. The molecule has 7 heteroatoms. The van der Waals surface area contributed by atoms with Crippen LogP contribution in [0.4, 0.5) is 0 Å². The van der Waals surface area contributed by atoms with Crippen LogP contribution in [0.2, 0.25) is 0 Å². The monoisotopic (exact) mass is 309 g/mol. The molecule has 2 rings (SSSR count). The molecule has 1 saturated heterocycles. The second kappa shape index (κ2) is 6.54. The molecule has 114 valence electrons. The van der Waals surface area contributed by atoms with Crippen LogP contribution in [0.1, 0.15) is 18.1 Å². The zero-order valence-corrected chi connectivity index (χ0v) is 12.7. The van der Waals surface area contributed by atoms with Gasteiger partial charge in [-0.15, -0.1) is 0 Å². The van der Waals surface area contributed by atoms with Crippen molar-refractivity contribution in [1.82, 2.24) is 4.31 Å². The highest BCUT2D eigenvalue weighted by Gasteiger charge is 2.31. The summed E-state index contributed by atoms with van der Waals surface area (Å²) < 4.78 is 31.9. The quantitative estimate of drug-likeness (QED) is 0.870. The number of hydrogen-bond donors (Lipinski definition) is 1. The molecule has 1 heterocycles. The van der Waals surface area contributed by atoms with Crippen LogP contribution in [-0.4, -0.2) is 44.6 Å². The van der Waals surface area contributed by atoms with Crippen LogP contribution < -0.4 is 5.73 Å². The topological polar surface area (TPSA) is 96.4 Å². The average molecular weight is 309 g/mol. The van der Waals surface area contributed by atoms with Crippen molar-refractivity contribution in [1.29, 1.82) is 5.26 Å². The summed E-state index contributed by atoms with van der Waals surface area (Å²) in [6.45, 7) is 2.71. The molecule has 6 nitrogen and oxygen atoms in total. The van der Waals surface area contributed by atoms with Gasteiger partial charge >= 0.3 is 0 Å². The summed E-state index contributed by atoms with van der Waals surface area (Å²) in [5.74, 6) is -0.178. The Morgan fingerprint density at radius 2 is 2.24 bits per heavy atom. The highest BCUT2D eigenvalue weighted by atomic mass is 32.2. The Labute approximate surface area is 125 Å². The van der Waals surface area contributed by atoms with Gasteiger partial charge in [0, 0.05) is 19.1 Å². The van der Waals surface area contributed by atoms with Gasteiger partial charge < -0.3 is 10.5 Å². The third-order valence-electron chi connectivity index (χ3n) is 3.51. The second-order valence-corrected chi connectivity index (χ2v) is 7.12. The minimum Gasteiger partial charge on any atom is -0.374 e. The lowest BCUT2D eigenvalue weighted by atomic mass is 10.1. The lowest BCUT2D eigenvalue weighted by Gasteiger charge is -2.34. The molecule has 0 bridgehead atoms. The van der Waals surface area contributed by atoms with E-state index in [4.69, 9.17) is 15.7 Å². The highest BCUT2D eigenvalue weighted by molar-refractivity contribution is 7.88. The van der Waals surface area contributed by atoms with Crippen LogP contribution in [0.25, 0.3) is 0 Å². The molecule has 21 heavy (non-hydrogen) atoms. The molecule has 0 saturated carbocycles. The van der Waals surface area contributed by atoms with Crippen LogP contribution in [-0.2, 0) is 20.5 Å². The molecule has 2 atom stereocenters. The van der Waals surface area contributed by atoms with Crippen molar-refractivity contribution in [3.05, 3.63) is 35.4 Å². The maximum Gasteiger partial charge on any atom is 0.218 e. The number of morpholine rings is 1. The Kier molecular flexibility index (Phi) is 4.96. The van der Waals surface area contributed by atoms with Gasteiger partial charge in [-0.25, -0.2) is 8.42 Å². The van der Waals surface area contributed by atoms with Gasteiger partial charge in [-0.3, -0.25) is 0 Å². The number of nitrogens with two attached hydrogens (primary N) is 1. The number of nitriles is 1. The van der Waals surface area contributed by atoms with E-state index in [9.17, 15) is 8.42 Å². The minimum atomic E-state index is -3.49. The van der Waals surface area contributed by atoms with Crippen LogP contribution >= 0.6 is 0 Å². The molecule has 2 unspecified atom stereocenters. The predicted molar refractivity (Wildman–Crippen MR) is 78.7 cm³/mol. The zero-order chi connectivity index (χ0) is 15.5. The molecule has 2 N–H and O–H groups in total. The number of nitrogens with zero attached hydrogens (tertiary/aromatic N) is 2. The number of benzene rings is 1.